The third-order valence-electron chi connectivity index (χ3n) is 1.49. The molecule has 0 aliphatic rings. The number of hydrogen-bond acceptors (Lipinski definition) is 3. The van der Waals surface area contributed by atoms with Gasteiger partial charge in [0.05, 0.1) is 12.2 Å². The van der Waals surface area contributed by atoms with Crippen LogP contribution in [0, 0.1) is 0 Å². The molecule has 13 heavy (non-hydrogen) atoms. The zero-order valence-electron chi connectivity index (χ0n) is 6.34. The van der Waals surface area contributed by atoms with Gasteiger partial charge in [0.25, 0.3) is 6.43 Å². The molecule has 0 aliphatic carbocycles. The van der Waals surface area contributed by atoms with Crippen molar-refractivity contribution in [3.63, 3.8) is 0 Å². The maximum Gasteiger partial charge on any atom is 0.268 e. The van der Waals surface area contributed by atoms with E-state index in [1.54, 1.807) is 0 Å². The number of rotatable bonds is 2. The van der Waals surface area contributed by atoms with Crippen molar-refractivity contribution < 1.29 is 19.0 Å². The molecule has 6 heteroatoms. The van der Waals surface area contributed by atoms with E-state index in [4.69, 9.17) is 5.11 Å². The van der Waals surface area contributed by atoms with Gasteiger partial charge in [-0.1, -0.05) is 0 Å². The number of hydrogen-bond donors (Lipinski definition) is 2. The zero-order valence-corrected chi connectivity index (χ0v) is 7.92. The summed E-state index contributed by atoms with van der Waals surface area (Å²) in [6.45, 7) is -0.571. The fourth-order valence-corrected chi connectivity index (χ4v) is 1.32. The van der Waals surface area contributed by atoms with Gasteiger partial charge in [0.2, 0.25) is 0 Å². The van der Waals surface area contributed by atoms with E-state index in [1.807, 2.05) is 0 Å². The van der Waals surface area contributed by atoms with Crippen molar-refractivity contribution in [2.24, 2.45) is 0 Å². The smallest absolute Gasteiger partial charge is 0.268 e. The Balaban J connectivity index is 3.30. The van der Waals surface area contributed by atoms with E-state index in [1.165, 1.54) is 0 Å². The number of aliphatic hydroxyl groups excluding tert-OH is 1. The lowest BCUT2D eigenvalue weighted by atomic mass is 10.2. The van der Waals surface area contributed by atoms with Gasteiger partial charge in [-0.2, -0.15) is 0 Å². The molecule has 0 spiro atoms. The molecule has 0 bridgehead atoms. The Hall–Kier alpha value is -0.750. The van der Waals surface area contributed by atoms with Gasteiger partial charge in [0.1, 0.15) is 11.4 Å². The van der Waals surface area contributed by atoms with Gasteiger partial charge in [-0.3, -0.25) is 4.98 Å². The summed E-state index contributed by atoms with van der Waals surface area (Å²) in [5.74, 6) is -0.660. The van der Waals surface area contributed by atoms with Gasteiger partial charge >= 0.3 is 0 Å². The van der Waals surface area contributed by atoms with Crippen LogP contribution in [0.5, 0.6) is 5.75 Å². The second-order valence-electron chi connectivity index (χ2n) is 2.27. The summed E-state index contributed by atoms with van der Waals surface area (Å²) in [6.07, 6.45) is -1.69. The van der Waals surface area contributed by atoms with Crippen molar-refractivity contribution in [2.45, 2.75) is 13.0 Å². The largest absolute Gasteiger partial charge is 0.505 e. The highest BCUT2D eigenvalue weighted by molar-refractivity contribution is 9.10. The summed E-state index contributed by atoms with van der Waals surface area (Å²) in [5, 5.41) is 17.8. The third kappa shape index (κ3) is 1.94. The fraction of sp³-hybridized carbons (Fsp3) is 0.286. The van der Waals surface area contributed by atoms with E-state index < -0.39 is 24.3 Å². The predicted molar refractivity (Wildman–Crippen MR) is 44.5 cm³/mol. The second-order valence-corrected chi connectivity index (χ2v) is 3.13. The maximum atomic E-state index is 12.3. The summed E-state index contributed by atoms with van der Waals surface area (Å²) in [5.41, 5.74) is -0.697. The van der Waals surface area contributed by atoms with Gasteiger partial charge < -0.3 is 10.2 Å². The van der Waals surface area contributed by atoms with E-state index >= 15 is 0 Å². The van der Waals surface area contributed by atoms with Crippen molar-refractivity contribution in [3.8, 4) is 5.75 Å². The van der Waals surface area contributed by atoms with Crippen LogP contribution in [0.1, 0.15) is 17.7 Å². The van der Waals surface area contributed by atoms with Gasteiger partial charge in [-0.05, 0) is 15.9 Å². The van der Waals surface area contributed by atoms with Crippen LogP contribution in [-0.4, -0.2) is 15.2 Å². The van der Waals surface area contributed by atoms with Crippen LogP contribution in [0.2, 0.25) is 0 Å². The van der Waals surface area contributed by atoms with Gasteiger partial charge in [-0.25, -0.2) is 8.78 Å². The number of aromatic hydroxyl groups is 1. The first-order valence-corrected chi connectivity index (χ1v) is 4.12. The Bertz CT molecular complexity index is 320. The molecule has 0 radical (unpaired) electrons. The third-order valence-corrected chi connectivity index (χ3v) is 2.12. The van der Waals surface area contributed by atoms with E-state index in [0.29, 0.717) is 0 Å². The average Bonchev–Trinajstić information content (AvgIpc) is 2.04. The highest BCUT2D eigenvalue weighted by Gasteiger charge is 2.19. The molecule has 0 fully saturated rings. The van der Waals surface area contributed by atoms with Crippen LogP contribution in [-0.2, 0) is 6.61 Å². The van der Waals surface area contributed by atoms with E-state index in [2.05, 4.69) is 20.9 Å². The number of pyridine rings is 1. The summed E-state index contributed by atoms with van der Waals surface area (Å²) >= 11 is 2.83. The maximum absolute atomic E-state index is 12.3. The SMILES string of the molecule is OCc1ncc(Br)c(C(F)F)c1O. The first kappa shape index (κ1) is 10.3. The van der Waals surface area contributed by atoms with E-state index in [9.17, 15) is 13.9 Å². The summed E-state index contributed by atoms with van der Waals surface area (Å²) in [7, 11) is 0. The Morgan fingerprint density at radius 3 is 2.62 bits per heavy atom. The number of halogens is 3. The van der Waals surface area contributed by atoms with Crippen LogP contribution < -0.4 is 0 Å². The van der Waals surface area contributed by atoms with Crippen LogP contribution in [0.25, 0.3) is 0 Å². The molecule has 3 nitrogen and oxygen atoms in total. The van der Waals surface area contributed by atoms with E-state index in [-0.39, 0.29) is 10.2 Å². The predicted octanol–water partition coefficient (Wildman–Crippen LogP) is 1.98. The van der Waals surface area contributed by atoms with Crippen molar-refractivity contribution in [2.75, 3.05) is 0 Å². The molecule has 0 saturated carbocycles. The molecule has 0 saturated heterocycles. The lowest BCUT2D eigenvalue weighted by Gasteiger charge is -2.08. The molecule has 1 aromatic heterocycles. The summed E-state index contributed by atoms with van der Waals surface area (Å²) < 4.78 is 24.6. The Labute approximate surface area is 81.2 Å². The lowest BCUT2D eigenvalue weighted by Crippen LogP contribution is -1.96. The van der Waals surface area contributed by atoms with Gasteiger partial charge in [-0.15, -0.1) is 0 Å². The number of aromatic nitrogens is 1. The summed E-state index contributed by atoms with van der Waals surface area (Å²) in [4.78, 5) is 3.56. The second kappa shape index (κ2) is 3.97. The van der Waals surface area contributed by atoms with Crippen LogP contribution in [0.3, 0.4) is 0 Å². The Morgan fingerprint density at radius 2 is 2.15 bits per heavy atom. The minimum atomic E-state index is -2.80. The molecule has 1 aromatic rings. The Morgan fingerprint density at radius 1 is 1.54 bits per heavy atom. The molecule has 0 unspecified atom stereocenters. The molecule has 1 rings (SSSR count). The fourth-order valence-electron chi connectivity index (χ4n) is 0.857. The van der Waals surface area contributed by atoms with Crippen LogP contribution >= 0.6 is 15.9 Å². The normalized spacial score (nSPS) is 10.8. The van der Waals surface area contributed by atoms with Crippen LogP contribution in [0.4, 0.5) is 8.78 Å². The molecule has 0 atom stereocenters. The highest BCUT2D eigenvalue weighted by atomic mass is 79.9. The standard InChI is InChI=1S/C7H6BrF2NO2/c8-3-1-11-4(2-12)6(13)5(3)7(9)10/h1,7,12-13H,2H2. The minimum absolute atomic E-state index is 0.0252. The van der Waals surface area contributed by atoms with Gasteiger partial charge in [0, 0.05) is 10.7 Å². The highest BCUT2D eigenvalue weighted by Crippen LogP contribution is 2.35. The molecule has 0 amide bonds. The number of alkyl halides is 2. The molecule has 2 N–H and O–H groups in total. The van der Waals surface area contributed by atoms with Crippen molar-refractivity contribution in [1.29, 1.82) is 0 Å². The molecule has 0 aliphatic heterocycles. The topological polar surface area (TPSA) is 53.4 Å². The van der Waals surface area contributed by atoms with Crippen molar-refractivity contribution in [1.82, 2.24) is 4.98 Å². The quantitative estimate of drug-likeness (QED) is 0.848. The lowest BCUT2D eigenvalue weighted by molar-refractivity contribution is 0.145. The van der Waals surface area contributed by atoms with Gasteiger partial charge in [0.15, 0.2) is 0 Å². The molecular formula is C7H6BrF2NO2. The number of aliphatic hydroxyl groups is 1. The van der Waals surface area contributed by atoms with Crippen molar-refractivity contribution in [3.05, 3.63) is 21.9 Å². The van der Waals surface area contributed by atoms with Crippen molar-refractivity contribution >= 4 is 15.9 Å². The minimum Gasteiger partial charge on any atom is -0.505 e. The molecule has 0 aromatic carbocycles. The Kier molecular flexibility index (Phi) is 3.16. The first-order chi connectivity index (χ1) is 6.07. The zero-order chi connectivity index (χ0) is 10.0. The van der Waals surface area contributed by atoms with E-state index in [0.717, 1.165) is 6.20 Å². The molecule has 72 valence electrons. The molecular weight excluding hydrogens is 248 g/mol. The molecule has 1 heterocycles. The van der Waals surface area contributed by atoms with Crippen LogP contribution in [0.15, 0.2) is 10.7 Å². The number of nitrogens with zero attached hydrogens (tertiary/aromatic N) is 1. The monoisotopic (exact) mass is 253 g/mol. The first-order valence-electron chi connectivity index (χ1n) is 3.33. The average molecular weight is 254 g/mol. The summed E-state index contributed by atoms with van der Waals surface area (Å²) in [6, 6.07) is 0.